The highest BCUT2D eigenvalue weighted by atomic mass is 35.5. The molecule has 1 atom stereocenters. The molecule has 0 bridgehead atoms. The fraction of sp³-hybridized carbons (Fsp3) is 0.588. The van der Waals surface area contributed by atoms with Crippen molar-refractivity contribution in [3.8, 4) is 11.5 Å². The van der Waals surface area contributed by atoms with Crippen molar-refractivity contribution in [2.24, 2.45) is 16.6 Å². The fourth-order valence-electron chi connectivity index (χ4n) is 3.11. The Morgan fingerprint density at radius 2 is 2.22 bits per heavy atom. The average molecular weight is 338 g/mol. The van der Waals surface area contributed by atoms with E-state index in [1.54, 1.807) is 0 Å². The van der Waals surface area contributed by atoms with E-state index in [9.17, 15) is 0 Å². The van der Waals surface area contributed by atoms with Crippen molar-refractivity contribution >= 4 is 17.6 Å². The van der Waals surface area contributed by atoms with Gasteiger partial charge in [-0.25, -0.2) is 0 Å². The Morgan fingerprint density at radius 1 is 1.39 bits per heavy atom. The number of nitrogens with two attached hydrogens (primary N) is 1. The van der Waals surface area contributed by atoms with Gasteiger partial charge in [-0.3, -0.25) is 4.99 Å². The van der Waals surface area contributed by atoms with E-state index < -0.39 is 0 Å². The molecule has 1 saturated heterocycles. The first kappa shape index (κ1) is 16.2. The second kappa shape index (κ2) is 7.30. The Labute approximate surface area is 142 Å². The maximum absolute atomic E-state index is 6.25. The zero-order chi connectivity index (χ0) is 16.2. The molecule has 1 aromatic carbocycles. The monoisotopic (exact) mass is 337 g/mol. The first-order valence-corrected chi connectivity index (χ1v) is 8.64. The van der Waals surface area contributed by atoms with E-state index in [0.29, 0.717) is 42.4 Å². The Kier molecular flexibility index (Phi) is 5.16. The highest BCUT2D eigenvalue weighted by Gasteiger charge is 2.18. The molecule has 1 aromatic rings. The molecule has 1 fully saturated rings. The van der Waals surface area contributed by atoms with Gasteiger partial charge >= 0.3 is 0 Å². The van der Waals surface area contributed by atoms with Gasteiger partial charge in [0.25, 0.3) is 0 Å². The summed E-state index contributed by atoms with van der Waals surface area (Å²) in [5.74, 6) is 2.71. The van der Waals surface area contributed by atoms with Gasteiger partial charge in [-0.1, -0.05) is 18.5 Å². The van der Waals surface area contributed by atoms with Crippen LogP contribution in [0.25, 0.3) is 0 Å². The van der Waals surface area contributed by atoms with Crippen molar-refractivity contribution in [3.05, 3.63) is 22.7 Å². The molecule has 0 amide bonds. The van der Waals surface area contributed by atoms with E-state index in [-0.39, 0.29) is 0 Å². The minimum absolute atomic E-state index is 0.543. The summed E-state index contributed by atoms with van der Waals surface area (Å²) in [6.07, 6.45) is 3.25. The maximum Gasteiger partial charge on any atom is 0.191 e. The largest absolute Gasteiger partial charge is 0.486 e. The minimum atomic E-state index is 0.543. The van der Waals surface area contributed by atoms with E-state index in [1.165, 1.54) is 12.8 Å². The second-order valence-electron chi connectivity index (χ2n) is 6.29. The van der Waals surface area contributed by atoms with E-state index in [0.717, 1.165) is 30.8 Å². The lowest BCUT2D eigenvalue weighted by Gasteiger charge is -2.31. The predicted octanol–water partition coefficient (Wildman–Crippen LogP) is 2.70. The Morgan fingerprint density at radius 3 is 3.04 bits per heavy atom. The quantitative estimate of drug-likeness (QED) is 0.680. The summed E-state index contributed by atoms with van der Waals surface area (Å²) in [4.78, 5) is 6.71. The molecule has 0 aliphatic carbocycles. The number of ether oxygens (including phenoxy) is 2. The number of benzene rings is 1. The van der Waals surface area contributed by atoms with Gasteiger partial charge < -0.3 is 20.1 Å². The van der Waals surface area contributed by atoms with Crippen LogP contribution in [0.1, 0.15) is 25.3 Å². The summed E-state index contributed by atoms with van der Waals surface area (Å²) in [5, 5.41) is 0.596. The molecule has 0 spiro atoms. The molecule has 126 valence electrons. The predicted molar refractivity (Wildman–Crippen MR) is 92.6 cm³/mol. The minimum Gasteiger partial charge on any atom is -0.486 e. The van der Waals surface area contributed by atoms with Crippen LogP contribution in [-0.4, -0.2) is 43.7 Å². The molecule has 2 heterocycles. The molecule has 2 aliphatic heterocycles. The van der Waals surface area contributed by atoms with E-state index in [1.807, 2.05) is 12.1 Å². The number of rotatable bonds is 3. The van der Waals surface area contributed by atoms with Gasteiger partial charge in [-0.2, -0.15) is 0 Å². The Hall–Kier alpha value is -1.62. The summed E-state index contributed by atoms with van der Waals surface area (Å²) in [7, 11) is 0. The number of likely N-dealkylation sites (tertiary alicyclic amines) is 1. The van der Waals surface area contributed by atoms with Crippen LogP contribution in [0.3, 0.4) is 0 Å². The van der Waals surface area contributed by atoms with Gasteiger partial charge in [0.15, 0.2) is 17.5 Å². The van der Waals surface area contributed by atoms with Gasteiger partial charge in [0.05, 0.1) is 5.02 Å². The van der Waals surface area contributed by atoms with Crippen LogP contribution in [-0.2, 0) is 6.42 Å². The molecule has 2 N–H and O–H groups in total. The second-order valence-corrected chi connectivity index (χ2v) is 6.69. The SMILES string of the molecule is CC1CCCN(C(N)=NCCc2cc(Cl)c3c(c2)OCCO3)C1. The molecular weight excluding hydrogens is 314 g/mol. The number of piperidine rings is 1. The van der Waals surface area contributed by atoms with Gasteiger partial charge in [-0.05, 0) is 42.9 Å². The molecule has 0 radical (unpaired) electrons. The van der Waals surface area contributed by atoms with Gasteiger partial charge in [-0.15, -0.1) is 0 Å². The van der Waals surface area contributed by atoms with E-state index in [2.05, 4.69) is 16.8 Å². The Balaban J connectivity index is 1.60. The zero-order valence-corrected chi connectivity index (χ0v) is 14.3. The van der Waals surface area contributed by atoms with Gasteiger partial charge in [0, 0.05) is 19.6 Å². The van der Waals surface area contributed by atoms with Crippen molar-refractivity contribution in [1.29, 1.82) is 0 Å². The third-order valence-corrected chi connectivity index (χ3v) is 4.59. The number of aliphatic imine (C=N–C) groups is 1. The number of nitrogens with zero attached hydrogens (tertiary/aromatic N) is 2. The third-order valence-electron chi connectivity index (χ3n) is 4.31. The highest BCUT2D eigenvalue weighted by molar-refractivity contribution is 6.32. The van der Waals surface area contributed by atoms with E-state index in [4.69, 9.17) is 26.8 Å². The van der Waals surface area contributed by atoms with Crippen LogP contribution < -0.4 is 15.2 Å². The summed E-state index contributed by atoms with van der Waals surface area (Å²) in [6, 6.07) is 3.90. The van der Waals surface area contributed by atoms with Crippen LogP contribution in [0, 0.1) is 5.92 Å². The summed E-state index contributed by atoms with van der Waals surface area (Å²) >= 11 is 6.25. The van der Waals surface area contributed by atoms with Crippen molar-refractivity contribution in [2.75, 3.05) is 32.8 Å². The maximum atomic E-state index is 6.25. The topological polar surface area (TPSA) is 60.1 Å². The smallest absolute Gasteiger partial charge is 0.191 e. The van der Waals surface area contributed by atoms with Crippen LogP contribution in [0.2, 0.25) is 5.02 Å². The molecule has 1 unspecified atom stereocenters. The van der Waals surface area contributed by atoms with Crippen LogP contribution >= 0.6 is 11.6 Å². The standard InChI is InChI=1S/C17H24ClN3O2/c1-12-3-2-6-21(11-12)17(19)20-5-4-13-9-14(18)16-15(10-13)22-7-8-23-16/h9-10,12H,2-8,11H2,1H3,(H2,19,20). The molecular formula is C17H24ClN3O2. The van der Waals surface area contributed by atoms with Gasteiger partial charge in [0.1, 0.15) is 13.2 Å². The third kappa shape index (κ3) is 4.02. The van der Waals surface area contributed by atoms with E-state index >= 15 is 0 Å². The number of halogens is 1. The summed E-state index contributed by atoms with van der Waals surface area (Å²) < 4.78 is 11.1. The van der Waals surface area contributed by atoms with Crippen LogP contribution in [0.15, 0.2) is 17.1 Å². The molecule has 0 saturated carbocycles. The first-order chi connectivity index (χ1) is 11.1. The zero-order valence-electron chi connectivity index (χ0n) is 13.6. The molecule has 2 aliphatic rings. The lowest BCUT2D eigenvalue weighted by molar-refractivity contribution is 0.171. The molecule has 5 nitrogen and oxygen atoms in total. The Bertz CT molecular complexity index is 591. The first-order valence-electron chi connectivity index (χ1n) is 8.26. The number of hydrogen-bond acceptors (Lipinski definition) is 3. The number of guanidine groups is 1. The van der Waals surface area contributed by atoms with Crippen LogP contribution in [0.5, 0.6) is 11.5 Å². The lowest BCUT2D eigenvalue weighted by atomic mass is 10.0. The van der Waals surface area contributed by atoms with Crippen molar-refractivity contribution in [3.63, 3.8) is 0 Å². The van der Waals surface area contributed by atoms with Crippen molar-refractivity contribution < 1.29 is 9.47 Å². The molecule has 3 rings (SSSR count). The molecule has 6 heteroatoms. The normalized spacial score (nSPS) is 21.4. The highest BCUT2D eigenvalue weighted by Crippen LogP contribution is 2.38. The average Bonchev–Trinajstić information content (AvgIpc) is 2.55. The molecule has 23 heavy (non-hydrogen) atoms. The molecule has 0 aromatic heterocycles. The summed E-state index contributed by atoms with van der Waals surface area (Å²) in [5.41, 5.74) is 7.21. The fourth-order valence-corrected chi connectivity index (χ4v) is 3.39. The van der Waals surface area contributed by atoms with Gasteiger partial charge in [0.2, 0.25) is 0 Å². The number of fused-ring (bicyclic) bond motifs is 1. The van der Waals surface area contributed by atoms with Crippen LogP contribution in [0.4, 0.5) is 0 Å². The van der Waals surface area contributed by atoms with Crippen molar-refractivity contribution in [2.45, 2.75) is 26.2 Å². The lowest BCUT2D eigenvalue weighted by Crippen LogP contribution is -2.43. The summed E-state index contributed by atoms with van der Waals surface area (Å²) in [6.45, 7) is 6.02. The van der Waals surface area contributed by atoms with Crippen molar-refractivity contribution in [1.82, 2.24) is 4.90 Å². The number of hydrogen-bond donors (Lipinski definition) is 1.